The highest BCUT2D eigenvalue weighted by atomic mass is 35.5. The Morgan fingerprint density at radius 2 is 1.72 bits per heavy atom. The maximum absolute atomic E-state index is 12.5. The first kappa shape index (κ1) is 25.7. The van der Waals surface area contributed by atoms with Gasteiger partial charge in [0.15, 0.2) is 5.76 Å². The van der Waals surface area contributed by atoms with E-state index in [1.807, 2.05) is 55.1 Å². The third-order valence-corrected chi connectivity index (χ3v) is 6.54. The number of aryl methyl sites for hydroxylation is 2. The van der Waals surface area contributed by atoms with Gasteiger partial charge in [0.25, 0.3) is 0 Å². The third kappa shape index (κ3) is 5.88. The Morgan fingerprint density at radius 1 is 1.06 bits per heavy atom. The molecule has 0 aliphatic carbocycles. The molecular weight excluding hydrogens is 474 g/mol. The van der Waals surface area contributed by atoms with E-state index in [0.29, 0.717) is 28.7 Å². The topological polar surface area (TPSA) is 65.7 Å². The predicted octanol–water partition coefficient (Wildman–Crippen LogP) is 6.24. The summed E-state index contributed by atoms with van der Waals surface area (Å²) >= 11 is 6.73. The maximum Gasteiger partial charge on any atom is 0.313 e. The molecule has 36 heavy (non-hydrogen) atoms. The van der Waals surface area contributed by atoms with Gasteiger partial charge in [0.2, 0.25) is 6.79 Å². The molecule has 188 valence electrons. The first-order chi connectivity index (χ1) is 17.2. The van der Waals surface area contributed by atoms with Crippen molar-refractivity contribution < 1.29 is 14.3 Å². The summed E-state index contributed by atoms with van der Waals surface area (Å²) in [6.45, 7) is 10.8. The molecule has 6 nitrogen and oxygen atoms in total. The molecule has 7 heteroatoms. The number of carbonyl (C=O) groups is 1. The van der Waals surface area contributed by atoms with Gasteiger partial charge in [-0.2, -0.15) is 5.10 Å². The molecular formula is C29H32ClN3O3. The van der Waals surface area contributed by atoms with Crippen LogP contribution in [0, 0.1) is 6.92 Å². The summed E-state index contributed by atoms with van der Waals surface area (Å²) in [5.74, 6) is 0.145. The zero-order valence-electron chi connectivity index (χ0n) is 21.4. The molecule has 0 amide bonds. The quantitative estimate of drug-likeness (QED) is 0.196. The van der Waals surface area contributed by atoms with Crippen molar-refractivity contribution in [2.75, 3.05) is 6.79 Å². The molecule has 0 radical (unpaired) electrons. The van der Waals surface area contributed by atoms with Crippen LogP contribution in [0.1, 0.15) is 55.8 Å². The lowest BCUT2D eigenvalue weighted by Gasteiger charge is -2.21. The molecule has 1 aromatic heterocycles. The van der Waals surface area contributed by atoms with Crippen LogP contribution in [-0.2, 0) is 32.6 Å². The van der Waals surface area contributed by atoms with Gasteiger partial charge < -0.3 is 9.47 Å². The molecule has 1 aliphatic rings. The van der Waals surface area contributed by atoms with E-state index < -0.39 is 0 Å². The molecule has 0 saturated carbocycles. The van der Waals surface area contributed by atoms with Crippen molar-refractivity contribution in [1.82, 2.24) is 9.78 Å². The van der Waals surface area contributed by atoms with Crippen LogP contribution in [0.15, 0.2) is 59.6 Å². The van der Waals surface area contributed by atoms with Gasteiger partial charge in [-0.3, -0.25) is 14.5 Å². The second-order valence-electron chi connectivity index (χ2n) is 9.82. The van der Waals surface area contributed by atoms with Crippen molar-refractivity contribution in [1.29, 1.82) is 0 Å². The van der Waals surface area contributed by atoms with E-state index in [2.05, 4.69) is 55.1 Å². The smallest absolute Gasteiger partial charge is 0.313 e. The third-order valence-electron chi connectivity index (χ3n) is 6.08. The van der Waals surface area contributed by atoms with E-state index in [4.69, 9.17) is 21.1 Å². The Labute approximate surface area is 217 Å². The number of nitrogens with zero attached hydrogens (tertiary/aromatic N) is 3. The summed E-state index contributed by atoms with van der Waals surface area (Å²) in [6, 6.07) is 17.7. The van der Waals surface area contributed by atoms with E-state index in [1.54, 1.807) is 0 Å². The fraction of sp³-hybridized carbons (Fsp3) is 0.345. The van der Waals surface area contributed by atoms with E-state index in [-0.39, 0.29) is 30.6 Å². The first-order valence-electron chi connectivity index (χ1n) is 12.1. The van der Waals surface area contributed by atoms with Crippen molar-refractivity contribution in [3.8, 4) is 0 Å². The molecule has 0 saturated heterocycles. The molecule has 1 atom stereocenters. The van der Waals surface area contributed by atoms with Gasteiger partial charge in [0, 0.05) is 18.3 Å². The summed E-state index contributed by atoms with van der Waals surface area (Å²) in [6.07, 6.45) is 2.04. The predicted molar refractivity (Wildman–Crippen MR) is 144 cm³/mol. The highest BCUT2D eigenvalue weighted by Gasteiger charge is 2.31. The lowest BCUT2D eigenvalue weighted by atomic mass is 9.86. The minimum absolute atomic E-state index is 0.0338. The Bertz CT molecular complexity index is 1280. The number of benzene rings is 2. The number of rotatable bonds is 9. The van der Waals surface area contributed by atoms with Crippen LogP contribution in [0.25, 0.3) is 11.3 Å². The summed E-state index contributed by atoms with van der Waals surface area (Å²) < 4.78 is 13.5. The van der Waals surface area contributed by atoms with E-state index in [9.17, 15) is 4.79 Å². The van der Waals surface area contributed by atoms with Crippen LogP contribution in [0.2, 0.25) is 5.02 Å². The standard InChI is InChI=1S/C29H32ClN3O3/c1-6-33-27(26(30)19(2)32-33)28(36-18-35-24(34)16-20-10-8-7-9-11-20)25(23-17-31-23)21-12-14-22(15-13-21)29(3,4)5/h7-15,17,23H,6,16,18H2,1-5H3/b28-25+. The number of hydrogen-bond donors (Lipinski definition) is 0. The zero-order chi connectivity index (χ0) is 25.9. The van der Waals surface area contributed by atoms with Crippen LogP contribution in [-0.4, -0.2) is 34.8 Å². The molecule has 0 fully saturated rings. The highest BCUT2D eigenvalue weighted by molar-refractivity contribution is 6.33. The molecule has 2 heterocycles. The summed E-state index contributed by atoms with van der Waals surface area (Å²) in [5, 5.41) is 5.08. The molecule has 3 aromatic rings. The first-order valence-corrected chi connectivity index (χ1v) is 12.5. The lowest BCUT2D eigenvalue weighted by Crippen LogP contribution is -2.14. The van der Waals surface area contributed by atoms with Gasteiger partial charge in [0.1, 0.15) is 11.7 Å². The van der Waals surface area contributed by atoms with Gasteiger partial charge in [0.05, 0.1) is 17.1 Å². The molecule has 2 aromatic carbocycles. The minimum atomic E-state index is -0.370. The second-order valence-corrected chi connectivity index (χ2v) is 10.2. The van der Waals surface area contributed by atoms with Crippen LogP contribution in [0.3, 0.4) is 0 Å². The van der Waals surface area contributed by atoms with Gasteiger partial charge in [-0.15, -0.1) is 0 Å². The lowest BCUT2D eigenvalue weighted by molar-refractivity contribution is -0.150. The number of carbonyl (C=O) groups excluding carboxylic acids is 1. The van der Waals surface area contributed by atoms with E-state index >= 15 is 0 Å². The maximum atomic E-state index is 12.5. The SMILES string of the molecule is CCn1nc(C)c(Cl)c1/C(OCOC(=O)Cc1ccccc1)=C(/c1ccc(C(C)(C)C)cc1)C1C=N1. The Balaban J connectivity index is 1.68. The molecule has 0 N–H and O–H groups in total. The molecule has 4 rings (SSSR count). The van der Waals surface area contributed by atoms with Crippen molar-refractivity contribution in [2.45, 2.75) is 59.0 Å². The van der Waals surface area contributed by atoms with Crippen LogP contribution >= 0.6 is 11.6 Å². The number of aliphatic imine (C=N–C) groups is 1. The van der Waals surface area contributed by atoms with E-state index in [1.165, 1.54) is 5.56 Å². The second kappa shape index (κ2) is 10.7. The van der Waals surface area contributed by atoms with Crippen LogP contribution < -0.4 is 0 Å². The molecule has 1 unspecified atom stereocenters. The van der Waals surface area contributed by atoms with Gasteiger partial charge >= 0.3 is 5.97 Å². The Morgan fingerprint density at radius 3 is 2.31 bits per heavy atom. The van der Waals surface area contributed by atoms with Gasteiger partial charge in [-0.25, -0.2) is 0 Å². The fourth-order valence-electron chi connectivity index (χ4n) is 4.02. The highest BCUT2D eigenvalue weighted by Crippen LogP contribution is 2.38. The van der Waals surface area contributed by atoms with Crippen molar-refractivity contribution in [2.24, 2.45) is 4.99 Å². The summed E-state index contributed by atoms with van der Waals surface area (Å²) in [5.41, 5.74) is 5.33. The van der Waals surface area contributed by atoms with Crippen molar-refractivity contribution in [3.05, 3.63) is 87.7 Å². The number of halogens is 1. The van der Waals surface area contributed by atoms with Gasteiger partial charge in [-0.05, 0) is 36.0 Å². The van der Waals surface area contributed by atoms with Crippen molar-refractivity contribution in [3.63, 3.8) is 0 Å². The average Bonchev–Trinajstić information content (AvgIpc) is 3.64. The molecule has 0 bridgehead atoms. The normalized spacial score (nSPS) is 15.4. The van der Waals surface area contributed by atoms with Crippen molar-refractivity contribution >= 4 is 35.1 Å². The Hall–Kier alpha value is -3.38. The Kier molecular flexibility index (Phi) is 7.65. The largest absolute Gasteiger partial charge is 0.455 e. The average molecular weight is 506 g/mol. The summed E-state index contributed by atoms with van der Waals surface area (Å²) in [4.78, 5) is 16.9. The fourth-order valence-corrected chi connectivity index (χ4v) is 4.25. The molecule has 1 aliphatic heterocycles. The number of ether oxygens (including phenoxy) is 2. The number of hydrogen-bond acceptors (Lipinski definition) is 5. The summed E-state index contributed by atoms with van der Waals surface area (Å²) in [7, 11) is 0. The molecule has 0 spiro atoms. The van der Waals surface area contributed by atoms with Crippen LogP contribution in [0.5, 0.6) is 0 Å². The number of esters is 1. The monoisotopic (exact) mass is 505 g/mol. The van der Waals surface area contributed by atoms with E-state index in [0.717, 1.165) is 16.7 Å². The van der Waals surface area contributed by atoms with Gasteiger partial charge in [-0.1, -0.05) is 87.0 Å². The van der Waals surface area contributed by atoms with Crippen LogP contribution in [0.4, 0.5) is 0 Å². The minimum Gasteiger partial charge on any atom is -0.455 e. The number of aromatic nitrogens is 2. The zero-order valence-corrected chi connectivity index (χ0v) is 22.2.